The molecule has 0 aliphatic carbocycles. The van der Waals surface area contributed by atoms with E-state index in [4.69, 9.17) is 19.0 Å². The van der Waals surface area contributed by atoms with Crippen LogP contribution in [0.2, 0.25) is 0 Å². The minimum atomic E-state index is -0.833. The fourth-order valence-electron chi connectivity index (χ4n) is 0. The second kappa shape index (κ2) is 9.22. The van der Waals surface area contributed by atoms with Gasteiger partial charge in [0.15, 0.2) is 12.3 Å². The van der Waals surface area contributed by atoms with E-state index in [1.807, 2.05) is 0 Å². The SMILES string of the molecule is CC(=O)O.OSO. The summed E-state index contributed by atoms with van der Waals surface area (Å²) in [6.45, 7) is 1.08. The van der Waals surface area contributed by atoms with E-state index in [-0.39, 0.29) is 12.3 Å². The van der Waals surface area contributed by atoms with Gasteiger partial charge < -0.3 is 14.2 Å². The van der Waals surface area contributed by atoms with Crippen molar-refractivity contribution in [3.63, 3.8) is 0 Å². The maximum atomic E-state index is 9.00. The molecule has 0 rings (SSSR count). The number of carboxylic acids is 1. The van der Waals surface area contributed by atoms with Gasteiger partial charge in [-0.05, 0) is 0 Å². The van der Waals surface area contributed by atoms with E-state index in [2.05, 4.69) is 0 Å². The summed E-state index contributed by atoms with van der Waals surface area (Å²) in [5.41, 5.74) is 0. The van der Waals surface area contributed by atoms with Crippen molar-refractivity contribution in [1.29, 1.82) is 0 Å². The normalized spacial score (nSPS) is 6.14. The Morgan fingerprint density at radius 1 is 1.57 bits per heavy atom. The van der Waals surface area contributed by atoms with Crippen molar-refractivity contribution >= 4 is 18.3 Å². The molecule has 0 fully saturated rings. The van der Waals surface area contributed by atoms with Crippen LogP contribution < -0.4 is 0 Å². The van der Waals surface area contributed by atoms with E-state index in [9.17, 15) is 0 Å². The summed E-state index contributed by atoms with van der Waals surface area (Å²) in [4.78, 5) is 9.00. The molecule has 7 heavy (non-hydrogen) atoms. The summed E-state index contributed by atoms with van der Waals surface area (Å²) in [5, 5.41) is 7.42. The molecule has 0 radical (unpaired) electrons. The van der Waals surface area contributed by atoms with Crippen molar-refractivity contribution in [3.05, 3.63) is 0 Å². The fraction of sp³-hybridized carbons (Fsp3) is 0.500. The Morgan fingerprint density at radius 3 is 1.57 bits per heavy atom. The minimum absolute atomic E-state index is 0.250. The summed E-state index contributed by atoms with van der Waals surface area (Å²) < 4.78 is 14.1. The Hall–Kier alpha value is -0.260. The van der Waals surface area contributed by atoms with Crippen molar-refractivity contribution in [2.45, 2.75) is 6.92 Å². The average Bonchev–Trinajstić information content (AvgIpc) is 1.33. The van der Waals surface area contributed by atoms with E-state index in [1.54, 1.807) is 0 Å². The quantitative estimate of drug-likeness (QED) is 0.417. The van der Waals surface area contributed by atoms with Crippen LogP contribution in [-0.2, 0) is 4.79 Å². The van der Waals surface area contributed by atoms with E-state index >= 15 is 0 Å². The molecule has 3 N–H and O–H groups in total. The summed E-state index contributed by atoms with van der Waals surface area (Å²) in [7, 11) is 0. The zero-order valence-corrected chi connectivity index (χ0v) is 4.47. The lowest BCUT2D eigenvalue weighted by Gasteiger charge is -1.59. The Morgan fingerprint density at radius 2 is 1.57 bits per heavy atom. The van der Waals surface area contributed by atoms with Crippen LogP contribution in [0.5, 0.6) is 0 Å². The van der Waals surface area contributed by atoms with Gasteiger partial charge in [0, 0.05) is 6.92 Å². The highest BCUT2D eigenvalue weighted by atomic mass is 32.2. The standard InChI is InChI=1S/C2H4O2.H2O2S/c1-2(3)4;1-3-2/h1H3,(H,3,4);1-2H. The monoisotopic (exact) mass is 126 g/mol. The highest BCUT2D eigenvalue weighted by Crippen LogP contribution is 1.67. The van der Waals surface area contributed by atoms with Crippen molar-refractivity contribution in [2.75, 3.05) is 0 Å². The maximum absolute atomic E-state index is 9.00. The van der Waals surface area contributed by atoms with Gasteiger partial charge in [-0.15, -0.1) is 0 Å². The summed E-state index contributed by atoms with van der Waals surface area (Å²) in [6, 6.07) is 0. The molecule has 0 saturated heterocycles. The first-order chi connectivity index (χ1) is 3.15. The number of hydrogen-bond acceptors (Lipinski definition) is 4. The van der Waals surface area contributed by atoms with Gasteiger partial charge in [0.2, 0.25) is 0 Å². The first kappa shape index (κ1) is 9.88. The third-order valence-electron chi connectivity index (χ3n) is 0. The Kier molecular flexibility index (Phi) is 13.0. The number of rotatable bonds is 0. The highest BCUT2D eigenvalue weighted by Gasteiger charge is 1.65. The van der Waals surface area contributed by atoms with Gasteiger partial charge in [-0.1, -0.05) is 0 Å². The Bertz CT molecular complexity index is 41.0. The number of aliphatic carboxylic acids is 1. The Balaban J connectivity index is 0. The molecule has 0 aliphatic rings. The summed E-state index contributed by atoms with van der Waals surface area (Å²) in [6.07, 6.45) is 0. The van der Waals surface area contributed by atoms with Crippen LogP contribution >= 0.6 is 12.3 Å². The molecular formula is C2H6O4S. The first-order valence-corrected chi connectivity index (χ1v) is 2.02. The number of carbonyl (C=O) groups is 1. The second-order valence-electron chi connectivity index (χ2n) is 0.601. The molecule has 0 aromatic heterocycles. The van der Waals surface area contributed by atoms with Gasteiger partial charge in [0.1, 0.15) is 0 Å². The molecular weight excluding hydrogens is 120 g/mol. The predicted molar refractivity (Wildman–Crippen MR) is 26.2 cm³/mol. The van der Waals surface area contributed by atoms with Crippen molar-refractivity contribution < 1.29 is 19.0 Å². The largest absolute Gasteiger partial charge is 0.481 e. The molecule has 0 aliphatic heterocycles. The minimum Gasteiger partial charge on any atom is -0.481 e. The van der Waals surface area contributed by atoms with Gasteiger partial charge in [-0.25, -0.2) is 0 Å². The predicted octanol–water partition coefficient (Wildman–Crippen LogP) is 0.756. The third kappa shape index (κ3) is 1190. The van der Waals surface area contributed by atoms with Crippen LogP contribution in [0, 0.1) is 0 Å². The van der Waals surface area contributed by atoms with E-state index in [0.29, 0.717) is 0 Å². The first-order valence-electron chi connectivity index (χ1n) is 1.29. The molecule has 0 aromatic rings. The van der Waals surface area contributed by atoms with Crippen LogP contribution in [-0.4, -0.2) is 20.2 Å². The molecule has 0 saturated carbocycles. The summed E-state index contributed by atoms with van der Waals surface area (Å²) in [5.74, 6) is -0.833. The van der Waals surface area contributed by atoms with Gasteiger partial charge in [-0.2, -0.15) is 0 Å². The Labute approximate surface area is 45.2 Å². The molecule has 5 heteroatoms. The topological polar surface area (TPSA) is 77.8 Å². The second-order valence-corrected chi connectivity index (χ2v) is 0.764. The number of hydrogen-bond donors (Lipinski definition) is 3. The molecule has 0 amide bonds. The van der Waals surface area contributed by atoms with Crippen LogP contribution in [0.15, 0.2) is 0 Å². The molecule has 0 heterocycles. The van der Waals surface area contributed by atoms with Crippen LogP contribution in [0.25, 0.3) is 0 Å². The zero-order valence-electron chi connectivity index (χ0n) is 3.66. The van der Waals surface area contributed by atoms with Crippen LogP contribution in [0.4, 0.5) is 0 Å². The zero-order chi connectivity index (χ0) is 6.28. The number of carboxylic acid groups (broad SMARTS) is 1. The van der Waals surface area contributed by atoms with Crippen LogP contribution in [0.3, 0.4) is 0 Å². The van der Waals surface area contributed by atoms with Gasteiger partial charge in [0.05, 0.1) is 0 Å². The summed E-state index contributed by atoms with van der Waals surface area (Å²) >= 11 is -0.250. The molecule has 0 atom stereocenters. The van der Waals surface area contributed by atoms with Gasteiger partial charge in [-0.3, -0.25) is 4.79 Å². The third-order valence-corrected chi connectivity index (χ3v) is 0. The maximum Gasteiger partial charge on any atom is 0.300 e. The molecule has 4 nitrogen and oxygen atoms in total. The lowest BCUT2D eigenvalue weighted by molar-refractivity contribution is -0.134. The van der Waals surface area contributed by atoms with Crippen molar-refractivity contribution in [1.82, 2.24) is 0 Å². The van der Waals surface area contributed by atoms with Gasteiger partial charge in [0.25, 0.3) is 5.97 Å². The smallest absolute Gasteiger partial charge is 0.300 e. The lowest BCUT2D eigenvalue weighted by atomic mass is 10.9. The molecule has 0 unspecified atom stereocenters. The van der Waals surface area contributed by atoms with Crippen LogP contribution in [0.1, 0.15) is 6.92 Å². The van der Waals surface area contributed by atoms with Gasteiger partial charge >= 0.3 is 0 Å². The molecule has 0 spiro atoms. The van der Waals surface area contributed by atoms with Crippen molar-refractivity contribution in [3.8, 4) is 0 Å². The molecule has 44 valence electrons. The fourth-order valence-corrected chi connectivity index (χ4v) is 0. The average molecular weight is 126 g/mol. The van der Waals surface area contributed by atoms with E-state index in [0.717, 1.165) is 6.92 Å². The molecule has 0 bridgehead atoms. The lowest BCUT2D eigenvalue weighted by Crippen LogP contribution is -1.78. The van der Waals surface area contributed by atoms with E-state index in [1.165, 1.54) is 0 Å². The highest BCUT2D eigenvalue weighted by molar-refractivity contribution is 7.87. The van der Waals surface area contributed by atoms with Crippen molar-refractivity contribution in [2.24, 2.45) is 0 Å². The molecule has 0 aromatic carbocycles. The van der Waals surface area contributed by atoms with E-state index < -0.39 is 5.97 Å².